The Morgan fingerprint density at radius 1 is 1.19 bits per heavy atom. The number of urea groups is 1. The lowest BCUT2D eigenvalue weighted by Crippen LogP contribution is -2.57. The van der Waals surface area contributed by atoms with Gasteiger partial charge in [0.25, 0.3) is 0 Å². The number of likely N-dealkylation sites (tertiary alicyclic amines) is 2. The molecule has 120 valence electrons. The average Bonchev–Trinajstić information content (AvgIpc) is 2.92. The summed E-state index contributed by atoms with van der Waals surface area (Å²) in [7, 11) is 0. The summed E-state index contributed by atoms with van der Waals surface area (Å²) in [4.78, 5) is 28.1. The van der Waals surface area contributed by atoms with E-state index in [1.54, 1.807) is 4.90 Å². The van der Waals surface area contributed by atoms with Crippen molar-refractivity contribution >= 4 is 12.0 Å². The summed E-state index contributed by atoms with van der Waals surface area (Å²) in [5, 5.41) is 9.68. The monoisotopic (exact) mass is 296 g/mol. The van der Waals surface area contributed by atoms with Crippen LogP contribution < -0.4 is 0 Å². The third-order valence-corrected chi connectivity index (χ3v) is 5.24. The highest BCUT2D eigenvalue weighted by Crippen LogP contribution is 2.35. The first-order chi connectivity index (χ1) is 10.0. The first kappa shape index (κ1) is 16.1. The zero-order chi connectivity index (χ0) is 15.5. The summed E-state index contributed by atoms with van der Waals surface area (Å²) in [6, 6.07) is -0.0575. The average molecular weight is 296 g/mol. The lowest BCUT2D eigenvalue weighted by molar-refractivity contribution is -0.149. The molecule has 2 fully saturated rings. The molecule has 0 spiro atoms. The molecule has 5 heteroatoms. The van der Waals surface area contributed by atoms with Gasteiger partial charge in [0.15, 0.2) is 0 Å². The normalized spacial score (nSPS) is 27.1. The maximum Gasteiger partial charge on any atom is 0.329 e. The van der Waals surface area contributed by atoms with Crippen molar-refractivity contribution < 1.29 is 14.7 Å². The fraction of sp³-hybridized carbons (Fsp3) is 0.875. The maximum absolute atomic E-state index is 12.8. The van der Waals surface area contributed by atoms with Crippen LogP contribution in [0.3, 0.4) is 0 Å². The maximum atomic E-state index is 12.8. The van der Waals surface area contributed by atoms with Crippen molar-refractivity contribution in [2.75, 3.05) is 19.6 Å². The summed E-state index contributed by atoms with van der Waals surface area (Å²) in [6.45, 7) is 6.31. The Morgan fingerprint density at radius 3 is 2.38 bits per heavy atom. The number of carboxylic acid groups (broad SMARTS) is 1. The van der Waals surface area contributed by atoms with E-state index in [0.717, 1.165) is 38.8 Å². The number of rotatable bonds is 4. The second-order valence-corrected chi connectivity index (χ2v) is 6.46. The third kappa shape index (κ3) is 3.01. The Kier molecular flexibility index (Phi) is 5.12. The Morgan fingerprint density at radius 2 is 1.86 bits per heavy atom. The van der Waals surface area contributed by atoms with Crippen molar-refractivity contribution in [3.8, 4) is 0 Å². The van der Waals surface area contributed by atoms with E-state index in [2.05, 4.69) is 6.92 Å². The van der Waals surface area contributed by atoms with Crippen LogP contribution in [0, 0.1) is 5.92 Å². The van der Waals surface area contributed by atoms with Gasteiger partial charge in [-0.2, -0.15) is 0 Å². The number of hydrogen-bond donors (Lipinski definition) is 1. The van der Waals surface area contributed by atoms with Crippen molar-refractivity contribution in [3.05, 3.63) is 0 Å². The molecule has 2 rings (SSSR count). The van der Waals surface area contributed by atoms with Gasteiger partial charge < -0.3 is 14.9 Å². The van der Waals surface area contributed by atoms with Crippen molar-refractivity contribution in [2.45, 2.75) is 64.3 Å². The molecule has 0 aromatic heterocycles. The number of piperidine rings is 1. The predicted octanol–water partition coefficient (Wildman–Crippen LogP) is 2.95. The fourth-order valence-corrected chi connectivity index (χ4v) is 3.86. The smallest absolute Gasteiger partial charge is 0.329 e. The van der Waals surface area contributed by atoms with Crippen LogP contribution in [0.1, 0.15) is 58.8 Å². The molecule has 2 heterocycles. The molecule has 0 aromatic rings. The Hall–Kier alpha value is -1.26. The predicted molar refractivity (Wildman–Crippen MR) is 81.2 cm³/mol. The van der Waals surface area contributed by atoms with Crippen LogP contribution in [0.15, 0.2) is 0 Å². The molecule has 0 radical (unpaired) electrons. The number of amides is 2. The number of carboxylic acids is 1. The van der Waals surface area contributed by atoms with Crippen LogP contribution in [-0.2, 0) is 4.79 Å². The van der Waals surface area contributed by atoms with Crippen LogP contribution in [-0.4, -0.2) is 52.1 Å². The van der Waals surface area contributed by atoms with Gasteiger partial charge in [0, 0.05) is 19.6 Å². The van der Waals surface area contributed by atoms with E-state index in [1.807, 2.05) is 11.8 Å². The van der Waals surface area contributed by atoms with Crippen LogP contribution in [0.5, 0.6) is 0 Å². The van der Waals surface area contributed by atoms with E-state index in [0.29, 0.717) is 25.3 Å². The molecule has 2 aliphatic rings. The lowest BCUT2D eigenvalue weighted by Gasteiger charge is -2.40. The molecular weight excluding hydrogens is 268 g/mol. The minimum absolute atomic E-state index is 0.0575. The van der Waals surface area contributed by atoms with Gasteiger partial charge in [-0.1, -0.05) is 26.7 Å². The highest BCUT2D eigenvalue weighted by molar-refractivity contribution is 5.87. The zero-order valence-electron chi connectivity index (χ0n) is 13.3. The highest BCUT2D eigenvalue weighted by Gasteiger charge is 2.50. The first-order valence-electron chi connectivity index (χ1n) is 8.35. The number of carbonyl (C=O) groups is 2. The van der Waals surface area contributed by atoms with Crippen molar-refractivity contribution in [3.63, 3.8) is 0 Å². The van der Waals surface area contributed by atoms with Crippen LogP contribution in [0.2, 0.25) is 0 Å². The van der Waals surface area contributed by atoms with Crippen LogP contribution in [0.4, 0.5) is 4.79 Å². The van der Waals surface area contributed by atoms with Crippen LogP contribution >= 0.6 is 0 Å². The summed E-state index contributed by atoms with van der Waals surface area (Å²) >= 11 is 0. The second-order valence-electron chi connectivity index (χ2n) is 6.46. The van der Waals surface area contributed by atoms with Crippen molar-refractivity contribution in [2.24, 2.45) is 5.92 Å². The van der Waals surface area contributed by atoms with Crippen molar-refractivity contribution in [1.82, 2.24) is 9.80 Å². The molecule has 0 aromatic carbocycles. The molecule has 1 N–H and O–H groups in total. The van der Waals surface area contributed by atoms with E-state index in [-0.39, 0.29) is 6.03 Å². The van der Waals surface area contributed by atoms with Gasteiger partial charge in [0.2, 0.25) is 0 Å². The minimum atomic E-state index is -0.965. The number of carbonyl (C=O) groups excluding carboxylic acids is 1. The topological polar surface area (TPSA) is 60.9 Å². The number of aliphatic carboxylic acids is 1. The van der Waals surface area contributed by atoms with Crippen molar-refractivity contribution in [1.29, 1.82) is 0 Å². The van der Waals surface area contributed by atoms with Gasteiger partial charge >= 0.3 is 12.0 Å². The summed E-state index contributed by atoms with van der Waals surface area (Å²) < 4.78 is 0. The number of nitrogens with zero attached hydrogens (tertiary/aromatic N) is 2. The lowest BCUT2D eigenvalue weighted by atomic mass is 9.90. The molecule has 1 atom stereocenters. The summed E-state index contributed by atoms with van der Waals surface area (Å²) in [5.74, 6) is -0.119. The van der Waals surface area contributed by atoms with Gasteiger partial charge in [0.1, 0.15) is 5.54 Å². The van der Waals surface area contributed by atoms with Gasteiger partial charge in [-0.3, -0.25) is 0 Å². The van der Waals surface area contributed by atoms with Gasteiger partial charge in [-0.25, -0.2) is 9.59 Å². The minimum Gasteiger partial charge on any atom is -0.479 e. The van der Waals surface area contributed by atoms with Gasteiger partial charge in [-0.15, -0.1) is 0 Å². The van der Waals surface area contributed by atoms with Gasteiger partial charge in [-0.05, 0) is 38.0 Å². The SMILES string of the molecule is CCCC1(C(=O)O)CCCN1C(=O)N1CCC(CC)CC1. The number of hydrogen-bond acceptors (Lipinski definition) is 2. The molecule has 2 aliphatic heterocycles. The Bertz CT molecular complexity index is 391. The quantitative estimate of drug-likeness (QED) is 0.867. The molecule has 0 aliphatic carbocycles. The molecule has 21 heavy (non-hydrogen) atoms. The second kappa shape index (κ2) is 6.67. The summed E-state index contributed by atoms with van der Waals surface area (Å²) in [6.07, 6.45) is 5.98. The van der Waals surface area contributed by atoms with Crippen LogP contribution in [0.25, 0.3) is 0 Å². The summed E-state index contributed by atoms with van der Waals surface area (Å²) in [5.41, 5.74) is -0.965. The van der Waals surface area contributed by atoms with E-state index in [1.165, 1.54) is 6.42 Å². The fourth-order valence-electron chi connectivity index (χ4n) is 3.86. The molecule has 2 saturated heterocycles. The largest absolute Gasteiger partial charge is 0.479 e. The molecule has 0 saturated carbocycles. The first-order valence-corrected chi connectivity index (χ1v) is 8.35. The molecule has 2 amide bonds. The zero-order valence-corrected chi connectivity index (χ0v) is 13.3. The van der Waals surface area contributed by atoms with E-state index in [4.69, 9.17) is 0 Å². The standard InChI is InChI=1S/C16H28N2O3/c1-3-8-16(14(19)20)9-5-10-18(16)15(21)17-11-6-13(4-2)7-12-17/h13H,3-12H2,1-2H3,(H,19,20). The van der Waals surface area contributed by atoms with E-state index < -0.39 is 11.5 Å². The van der Waals surface area contributed by atoms with Gasteiger partial charge in [0.05, 0.1) is 0 Å². The molecular formula is C16H28N2O3. The van der Waals surface area contributed by atoms with E-state index >= 15 is 0 Å². The molecule has 0 bridgehead atoms. The third-order valence-electron chi connectivity index (χ3n) is 5.24. The molecule has 1 unspecified atom stereocenters. The Labute approximate surface area is 127 Å². The van der Waals surface area contributed by atoms with E-state index in [9.17, 15) is 14.7 Å². The highest BCUT2D eigenvalue weighted by atomic mass is 16.4. The Balaban J connectivity index is 2.08. The molecule has 5 nitrogen and oxygen atoms in total.